The monoisotopic (exact) mass is 405 g/mol. The van der Waals surface area contributed by atoms with Crippen molar-refractivity contribution in [2.75, 3.05) is 19.0 Å². The number of hydrogen-bond donors (Lipinski definition) is 2. The van der Waals surface area contributed by atoms with Gasteiger partial charge >= 0.3 is 0 Å². The maximum Gasteiger partial charge on any atom is 0.255 e. The highest BCUT2D eigenvalue weighted by molar-refractivity contribution is 6.06. The summed E-state index contributed by atoms with van der Waals surface area (Å²) in [5, 5.41) is 12.6. The standard InChI is InChI=1S/C23H23N3O4/c1-4-29-18-11-10-15(12-19(18)28-3)21-17(13-24)22(25)30-14(2)20(21)23(27)26-16-8-6-5-7-9-16/h5-12,21H,4,25H2,1-3H3,(H,26,27)/t21-/m1/s1. The minimum atomic E-state index is -0.711. The predicted octanol–water partition coefficient (Wildman–Crippen LogP) is 3.81. The van der Waals surface area contributed by atoms with Crippen molar-refractivity contribution >= 4 is 11.6 Å². The zero-order valence-electron chi connectivity index (χ0n) is 17.1. The number of hydrogen-bond acceptors (Lipinski definition) is 6. The van der Waals surface area contributed by atoms with Gasteiger partial charge in [-0.2, -0.15) is 5.26 Å². The number of carbonyl (C=O) groups excluding carboxylic acids is 1. The Morgan fingerprint density at radius 1 is 1.23 bits per heavy atom. The molecule has 0 spiro atoms. The van der Waals surface area contributed by atoms with Crippen molar-refractivity contribution in [2.45, 2.75) is 19.8 Å². The fraction of sp³-hybridized carbons (Fsp3) is 0.217. The van der Waals surface area contributed by atoms with E-state index in [0.29, 0.717) is 40.7 Å². The predicted molar refractivity (Wildman–Crippen MR) is 113 cm³/mol. The number of amides is 1. The molecule has 2 aromatic rings. The zero-order chi connectivity index (χ0) is 21.7. The minimum absolute atomic E-state index is 0.0240. The van der Waals surface area contributed by atoms with Gasteiger partial charge in [-0.25, -0.2) is 0 Å². The zero-order valence-corrected chi connectivity index (χ0v) is 17.1. The van der Waals surface area contributed by atoms with Gasteiger partial charge in [-0.05, 0) is 43.7 Å². The molecular formula is C23H23N3O4. The first kappa shape index (κ1) is 20.8. The topological polar surface area (TPSA) is 107 Å². The average Bonchev–Trinajstić information content (AvgIpc) is 2.74. The summed E-state index contributed by atoms with van der Waals surface area (Å²) in [6, 6.07) is 16.4. The average molecular weight is 405 g/mol. The van der Waals surface area contributed by atoms with Gasteiger partial charge in [0.25, 0.3) is 5.91 Å². The lowest BCUT2D eigenvalue weighted by atomic mass is 9.82. The molecule has 3 N–H and O–H groups in total. The lowest BCUT2D eigenvalue weighted by Gasteiger charge is -2.28. The molecule has 2 aromatic carbocycles. The first-order chi connectivity index (χ1) is 14.5. The number of nitriles is 1. The number of benzene rings is 2. The van der Waals surface area contributed by atoms with E-state index in [9.17, 15) is 10.1 Å². The Hall–Kier alpha value is -3.92. The van der Waals surface area contributed by atoms with E-state index in [1.165, 1.54) is 7.11 Å². The van der Waals surface area contributed by atoms with Gasteiger partial charge in [-0.1, -0.05) is 24.3 Å². The van der Waals surface area contributed by atoms with E-state index in [1.54, 1.807) is 37.3 Å². The second-order valence-electron chi connectivity index (χ2n) is 6.56. The summed E-state index contributed by atoms with van der Waals surface area (Å²) in [4.78, 5) is 13.2. The highest BCUT2D eigenvalue weighted by Crippen LogP contribution is 2.42. The molecule has 0 radical (unpaired) electrons. The summed E-state index contributed by atoms with van der Waals surface area (Å²) in [6.07, 6.45) is 0. The molecule has 1 aliphatic heterocycles. The summed E-state index contributed by atoms with van der Waals surface area (Å²) in [7, 11) is 1.53. The van der Waals surface area contributed by atoms with Crippen LogP contribution in [-0.4, -0.2) is 19.6 Å². The van der Waals surface area contributed by atoms with E-state index in [4.69, 9.17) is 19.9 Å². The van der Waals surface area contributed by atoms with Gasteiger partial charge in [-0.3, -0.25) is 4.79 Å². The molecule has 7 heteroatoms. The number of allylic oxidation sites excluding steroid dienone is 2. The Balaban J connectivity index is 2.08. The molecular weight excluding hydrogens is 382 g/mol. The first-order valence-corrected chi connectivity index (χ1v) is 9.45. The molecule has 3 rings (SSSR count). The van der Waals surface area contributed by atoms with Gasteiger partial charge in [0.1, 0.15) is 17.4 Å². The second-order valence-corrected chi connectivity index (χ2v) is 6.56. The molecule has 0 aliphatic carbocycles. The molecule has 0 saturated carbocycles. The van der Waals surface area contributed by atoms with E-state index in [1.807, 2.05) is 25.1 Å². The molecule has 0 aromatic heterocycles. The van der Waals surface area contributed by atoms with Gasteiger partial charge in [-0.15, -0.1) is 0 Å². The van der Waals surface area contributed by atoms with Crippen molar-refractivity contribution in [1.82, 2.24) is 0 Å². The number of carbonyl (C=O) groups is 1. The molecule has 0 unspecified atom stereocenters. The molecule has 0 saturated heterocycles. The van der Waals surface area contributed by atoms with Crippen LogP contribution >= 0.6 is 0 Å². The highest BCUT2D eigenvalue weighted by Gasteiger charge is 2.36. The van der Waals surface area contributed by atoms with Gasteiger partial charge in [0.05, 0.1) is 25.2 Å². The number of nitrogens with zero attached hydrogens (tertiary/aromatic N) is 1. The number of para-hydroxylation sites is 1. The molecule has 1 amide bonds. The number of rotatable bonds is 6. The number of methoxy groups -OCH3 is 1. The van der Waals surface area contributed by atoms with E-state index >= 15 is 0 Å². The minimum Gasteiger partial charge on any atom is -0.493 e. The van der Waals surface area contributed by atoms with Crippen molar-refractivity contribution < 1.29 is 19.0 Å². The van der Waals surface area contributed by atoms with Gasteiger partial charge < -0.3 is 25.3 Å². The van der Waals surface area contributed by atoms with Crippen LogP contribution < -0.4 is 20.5 Å². The van der Waals surface area contributed by atoms with Crippen LogP contribution in [0.1, 0.15) is 25.3 Å². The van der Waals surface area contributed by atoms with Crippen LogP contribution in [0.15, 0.2) is 71.3 Å². The second kappa shape index (κ2) is 9.05. The smallest absolute Gasteiger partial charge is 0.255 e. The third kappa shape index (κ3) is 4.08. The van der Waals surface area contributed by atoms with Gasteiger partial charge in [0.15, 0.2) is 11.5 Å². The fourth-order valence-corrected chi connectivity index (χ4v) is 3.37. The van der Waals surface area contributed by atoms with E-state index < -0.39 is 5.92 Å². The summed E-state index contributed by atoms with van der Waals surface area (Å²) in [5.41, 5.74) is 7.74. The van der Waals surface area contributed by atoms with E-state index in [-0.39, 0.29) is 17.4 Å². The van der Waals surface area contributed by atoms with Crippen molar-refractivity contribution in [2.24, 2.45) is 5.73 Å². The largest absolute Gasteiger partial charge is 0.493 e. The molecule has 30 heavy (non-hydrogen) atoms. The molecule has 0 bridgehead atoms. The Morgan fingerprint density at radius 2 is 1.97 bits per heavy atom. The van der Waals surface area contributed by atoms with Crippen LogP contribution in [0.25, 0.3) is 0 Å². The first-order valence-electron chi connectivity index (χ1n) is 9.45. The third-order valence-electron chi connectivity index (χ3n) is 4.70. The van der Waals surface area contributed by atoms with E-state index in [0.717, 1.165) is 0 Å². The summed E-state index contributed by atoms with van der Waals surface area (Å²) in [5.74, 6) is 0.287. The Morgan fingerprint density at radius 3 is 2.60 bits per heavy atom. The summed E-state index contributed by atoms with van der Waals surface area (Å²) >= 11 is 0. The Labute approximate surface area is 175 Å². The maximum atomic E-state index is 13.2. The molecule has 1 atom stereocenters. The number of anilines is 1. The van der Waals surface area contributed by atoms with Gasteiger partial charge in [0.2, 0.25) is 5.88 Å². The van der Waals surface area contributed by atoms with Crippen LogP contribution in [0.4, 0.5) is 5.69 Å². The van der Waals surface area contributed by atoms with Crippen molar-refractivity contribution in [3.63, 3.8) is 0 Å². The molecule has 154 valence electrons. The Kier molecular flexibility index (Phi) is 6.28. The van der Waals surface area contributed by atoms with Crippen LogP contribution in [0.2, 0.25) is 0 Å². The Bertz CT molecular complexity index is 1050. The van der Waals surface area contributed by atoms with Crippen LogP contribution in [0.3, 0.4) is 0 Å². The van der Waals surface area contributed by atoms with Crippen LogP contribution in [0, 0.1) is 11.3 Å². The lowest BCUT2D eigenvalue weighted by molar-refractivity contribution is -0.113. The maximum absolute atomic E-state index is 13.2. The molecule has 7 nitrogen and oxygen atoms in total. The lowest BCUT2D eigenvalue weighted by Crippen LogP contribution is -2.27. The van der Waals surface area contributed by atoms with Crippen LogP contribution in [0.5, 0.6) is 11.5 Å². The fourth-order valence-electron chi connectivity index (χ4n) is 3.37. The van der Waals surface area contributed by atoms with Crippen molar-refractivity contribution in [3.05, 3.63) is 76.9 Å². The van der Waals surface area contributed by atoms with Crippen molar-refractivity contribution in [3.8, 4) is 17.6 Å². The highest BCUT2D eigenvalue weighted by atomic mass is 16.5. The summed E-state index contributed by atoms with van der Waals surface area (Å²) in [6.45, 7) is 4.01. The quantitative estimate of drug-likeness (QED) is 0.757. The SMILES string of the molecule is CCOc1ccc([C@@H]2C(C#N)=C(N)OC(C)=C2C(=O)Nc2ccccc2)cc1OC. The number of nitrogens with two attached hydrogens (primary N) is 1. The summed E-state index contributed by atoms with van der Waals surface area (Å²) < 4.78 is 16.5. The van der Waals surface area contributed by atoms with Crippen molar-refractivity contribution in [1.29, 1.82) is 5.26 Å². The van der Waals surface area contributed by atoms with Gasteiger partial charge in [0, 0.05) is 5.69 Å². The molecule has 1 heterocycles. The van der Waals surface area contributed by atoms with Crippen LogP contribution in [-0.2, 0) is 9.53 Å². The third-order valence-corrected chi connectivity index (χ3v) is 4.70. The molecule has 0 fully saturated rings. The normalized spacial score (nSPS) is 15.9. The number of ether oxygens (including phenoxy) is 3. The number of nitrogens with one attached hydrogen (secondary N) is 1. The molecule has 1 aliphatic rings. The van der Waals surface area contributed by atoms with E-state index in [2.05, 4.69) is 11.4 Å².